The van der Waals surface area contributed by atoms with Gasteiger partial charge in [0.15, 0.2) is 5.69 Å². The highest BCUT2D eigenvalue weighted by atomic mass is 16.5. The van der Waals surface area contributed by atoms with Crippen molar-refractivity contribution < 1.29 is 19.0 Å². The van der Waals surface area contributed by atoms with Gasteiger partial charge in [-0.15, -0.1) is 5.10 Å². The SMILES string of the molecule is CCN1CCOC(Cn2nnc(C(=O)OC)c2COC)C1. The molecule has 118 valence electrons. The average molecular weight is 298 g/mol. The Bertz CT molecular complexity index is 477. The van der Waals surface area contributed by atoms with Crippen molar-refractivity contribution in [2.75, 3.05) is 40.5 Å². The molecule has 1 aliphatic heterocycles. The van der Waals surface area contributed by atoms with Gasteiger partial charge in [-0.05, 0) is 6.54 Å². The van der Waals surface area contributed by atoms with Crippen LogP contribution in [0, 0.1) is 0 Å². The second-order valence-electron chi connectivity index (χ2n) is 4.88. The molecule has 1 unspecified atom stereocenters. The van der Waals surface area contributed by atoms with E-state index in [1.165, 1.54) is 7.11 Å². The minimum Gasteiger partial charge on any atom is -0.464 e. The van der Waals surface area contributed by atoms with Crippen LogP contribution in [0.5, 0.6) is 0 Å². The molecule has 1 atom stereocenters. The van der Waals surface area contributed by atoms with Crippen LogP contribution in [0.15, 0.2) is 0 Å². The molecule has 2 rings (SSSR count). The topological polar surface area (TPSA) is 78.7 Å². The molecule has 0 bridgehead atoms. The molecule has 0 spiro atoms. The summed E-state index contributed by atoms with van der Waals surface area (Å²) in [6.07, 6.45) is 0.0292. The lowest BCUT2D eigenvalue weighted by molar-refractivity contribution is -0.0368. The van der Waals surface area contributed by atoms with Crippen LogP contribution >= 0.6 is 0 Å². The van der Waals surface area contributed by atoms with Crippen molar-refractivity contribution in [3.8, 4) is 0 Å². The maximum absolute atomic E-state index is 11.7. The van der Waals surface area contributed by atoms with Gasteiger partial charge in [0.05, 0.1) is 38.7 Å². The second kappa shape index (κ2) is 7.48. The Labute approximate surface area is 123 Å². The Hall–Kier alpha value is -1.51. The first-order valence-electron chi connectivity index (χ1n) is 7.03. The number of hydrogen-bond acceptors (Lipinski definition) is 7. The average Bonchev–Trinajstić information content (AvgIpc) is 2.90. The van der Waals surface area contributed by atoms with Crippen molar-refractivity contribution >= 4 is 5.97 Å². The van der Waals surface area contributed by atoms with E-state index in [1.807, 2.05) is 0 Å². The van der Waals surface area contributed by atoms with E-state index in [9.17, 15) is 4.79 Å². The summed E-state index contributed by atoms with van der Waals surface area (Å²) >= 11 is 0. The summed E-state index contributed by atoms with van der Waals surface area (Å²) in [6.45, 7) is 6.41. The number of nitrogens with zero attached hydrogens (tertiary/aromatic N) is 4. The van der Waals surface area contributed by atoms with Crippen LogP contribution in [0.1, 0.15) is 23.1 Å². The Balaban J connectivity index is 2.11. The van der Waals surface area contributed by atoms with E-state index in [1.54, 1.807) is 11.8 Å². The van der Waals surface area contributed by atoms with Crippen molar-refractivity contribution in [1.82, 2.24) is 19.9 Å². The number of esters is 1. The minimum absolute atomic E-state index is 0.0292. The molecule has 0 saturated carbocycles. The Kier molecular flexibility index (Phi) is 5.66. The molecule has 0 radical (unpaired) electrons. The summed E-state index contributed by atoms with van der Waals surface area (Å²) in [5.41, 5.74) is 0.809. The zero-order valence-corrected chi connectivity index (χ0v) is 12.7. The molecule has 8 heteroatoms. The predicted octanol–water partition coefficient (Wildman–Crippen LogP) is -0.0682. The number of aromatic nitrogens is 3. The third-order valence-corrected chi connectivity index (χ3v) is 3.54. The molecule has 1 aliphatic rings. The van der Waals surface area contributed by atoms with Gasteiger partial charge in [0.2, 0.25) is 0 Å². The highest BCUT2D eigenvalue weighted by molar-refractivity contribution is 5.88. The van der Waals surface area contributed by atoms with Gasteiger partial charge in [-0.25, -0.2) is 9.48 Å². The van der Waals surface area contributed by atoms with E-state index < -0.39 is 5.97 Å². The fourth-order valence-corrected chi connectivity index (χ4v) is 2.39. The van der Waals surface area contributed by atoms with Gasteiger partial charge in [0, 0.05) is 20.2 Å². The lowest BCUT2D eigenvalue weighted by Crippen LogP contribution is -2.44. The first-order chi connectivity index (χ1) is 10.2. The molecule has 1 aromatic heterocycles. The first kappa shape index (κ1) is 15.9. The lowest BCUT2D eigenvalue weighted by atomic mass is 10.2. The van der Waals surface area contributed by atoms with Crippen LogP contribution < -0.4 is 0 Å². The molecular weight excluding hydrogens is 276 g/mol. The standard InChI is InChI=1S/C13H22N4O4/c1-4-16-5-6-21-10(7-16)8-17-11(9-19-2)12(14-15-17)13(18)20-3/h10H,4-9H2,1-3H3. The monoisotopic (exact) mass is 298 g/mol. The van der Waals surface area contributed by atoms with Crippen LogP contribution in [-0.4, -0.2) is 72.4 Å². The molecule has 0 amide bonds. The predicted molar refractivity (Wildman–Crippen MR) is 73.9 cm³/mol. The highest BCUT2D eigenvalue weighted by Crippen LogP contribution is 2.12. The van der Waals surface area contributed by atoms with Crippen LogP contribution in [0.2, 0.25) is 0 Å². The summed E-state index contributed by atoms with van der Waals surface area (Å²) < 4.78 is 17.3. The Morgan fingerprint density at radius 3 is 2.95 bits per heavy atom. The van der Waals surface area contributed by atoms with E-state index in [4.69, 9.17) is 14.2 Å². The van der Waals surface area contributed by atoms with Gasteiger partial charge in [0.25, 0.3) is 0 Å². The quantitative estimate of drug-likeness (QED) is 0.680. The van der Waals surface area contributed by atoms with Crippen molar-refractivity contribution in [2.24, 2.45) is 0 Å². The van der Waals surface area contributed by atoms with Crippen LogP contribution in [-0.2, 0) is 27.4 Å². The maximum Gasteiger partial charge on any atom is 0.360 e. The molecule has 8 nitrogen and oxygen atoms in total. The van der Waals surface area contributed by atoms with Crippen LogP contribution in [0.3, 0.4) is 0 Å². The van der Waals surface area contributed by atoms with E-state index >= 15 is 0 Å². The zero-order chi connectivity index (χ0) is 15.2. The second-order valence-corrected chi connectivity index (χ2v) is 4.88. The molecule has 21 heavy (non-hydrogen) atoms. The van der Waals surface area contributed by atoms with Gasteiger partial charge >= 0.3 is 5.97 Å². The van der Waals surface area contributed by atoms with Crippen molar-refractivity contribution in [2.45, 2.75) is 26.2 Å². The fourth-order valence-electron chi connectivity index (χ4n) is 2.39. The summed E-state index contributed by atoms with van der Waals surface area (Å²) in [7, 11) is 2.88. The molecule has 0 N–H and O–H groups in total. The molecule has 0 aliphatic carbocycles. The smallest absolute Gasteiger partial charge is 0.360 e. The van der Waals surface area contributed by atoms with E-state index in [0.29, 0.717) is 18.8 Å². The largest absolute Gasteiger partial charge is 0.464 e. The molecule has 0 aromatic carbocycles. The summed E-state index contributed by atoms with van der Waals surface area (Å²) in [5, 5.41) is 7.94. The van der Waals surface area contributed by atoms with E-state index in [2.05, 4.69) is 22.1 Å². The van der Waals surface area contributed by atoms with Crippen LogP contribution in [0.25, 0.3) is 0 Å². The number of carbonyl (C=O) groups excluding carboxylic acids is 1. The van der Waals surface area contributed by atoms with E-state index in [-0.39, 0.29) is 18.4 Å². The summed E-state index contributed by atoms with van der Waals surface area (Å²) in [5.74, 6) is -0.506. The number of rotatable bonds is 6. The fraction of sp³-hybridized carbons (Fsp3) is 0.769. The molecule has 1 fully saturated rings. The summed E-state index contributed by atoms with van der Waals surface area (Å²) in [6, 6.07) is 0. The molecular formula is C13H22N4O4. The zero-order valence-electron chi connectivity index (χ0n) is 12.7. The van der Waals surface area contributed by atoms with Gasteiger partial charge in [-0.1, -0.05) is 12.1 Å². The lowest BCUT2D eigenvalue weighted by Gasteiger charge is -2.32. The molecule has 1 saturated heterocycles. The third-order valence-electron chi connectivity index (χ3n) is 3.54. The van der Waals surface area contributed by atoms with Gasteiger partial charge < -0.3 is 14.2 Å². The number of carbonyl (C=O) groups is 1. The van der Waals surface area contributed by atoms with Gasteiger partial charge in [-0.2, -0.15) is 0 Å². The number of methoxy groups -OCH3 is 2. The third kappa shape index (κ3) is 3.78. The Morgan fingerprint density at radius 2 is 2.29 bits per heavy atom. The number of hydrogen-bond donors (Lipinski definition) is 0. The Morgan fingerprint density at radius 1 is 1.48 bits per heavy atom. The summed E-state index contributed by atoms with van der Waals surface area (Å²) in [4.78, 5) is 14.0. The highest BCUT2D eigenvalue weighted by Gasteiger charge is 2.25. The molecule has 1 aromatic rings. The minimum atomic E-state index is -0.506. The first-order valence-corrected chi connectivity index (χ1v) is 7.03. The normalized spacial score (nSPS) is 19.7. The van der Waals surface area contributed by atoms with Gasteiger partial charge in [0.1, 0.15) is 0 Å². The van der Waals surface area contributed by atoms with Crippen molar-refractivity contribution in [3.63, 3.8) is 0 Å². The van der Waals surface area contributed by atoms with Crippen molar-refractivity contribution in [1.29, 1.82) is 0 Å². The number of ether oxygens (including phenoxy) is 3. The maximum atomic E-state index is 11.7. The van der Waals surface area contributed by atoms with Crippen molar-refractivity contribution in [3.05, 3.63) is 11.4 Å². The number of likely N-dealkylation sites (N-methyl/N-ethyl adjacent to an activating group) is 1. The number of morpholine rings is 1. The van der Waals surface area contributed by atoms with Gasteiger partial charge in [-0.3, -0.25) is 4.90 Å². The molecule has 2 heterocycles. The van der Waals surface area contributed by atoms with Crippen LogP contribution in [0.4, 0.5) is 0 Å². The van der Waals surface area contributed by atoms with E-state index in [0.717, 1.165) is 19.6 Å².